The minimum absolute atomic E-state index is 0.440. The Hall–Kier alpha value is 0.190. The Morgan fingerprint density at radius 3 is 2.39 bits per heavy atom. The van der Waals surface area contributed by atoms with Crippen LogP contribution in [0.2, 0.25) is 0 Å². The zero-order chi connectivity index (χ0) is 12.6. The minimum Gasteiger partial charge on any atom is -0.328 e. The molecule has 3 rings (SSSR count). The van der Waals surface area contributed by atoms with E-state index >= 15 is 0 Å². The Balaban J connectivity index is 1.48. The van der Waals surface area contributed by atoms with Crippen molar-refractivity contribution in [3.8, 4) is 0 Å². The number of likely N-dealkylation sites (tertiary alicyclic amines) is 1. The Bertz CT molecular complexity index is 293. The molecule has 3 aliphatic heterocycles. The smallest absolute Gasteiger partial charge is 0.0171 e. The Morgan fingerprint density at radius 2 is 1.72 bits per heavy atom. The van der Waals surface area contributed by atoms with Gasteiger partial charge in [-0.15, -0.1) is 0 Å². The lowest BCUT2D eigenvalue weighted by atomic mass is 9.87. The Morgan fingerprint density at radius 1 is 1.00 bits per heavy atom. The van der Waals surface area contributed by atoms with Crippen molar-refractivity contribution in [2.24, 2.45) is 11.1 Å². The van der Waals surface area contributed by atoms with Crippen LogP contribution in [0.3, 0.4) is 0 Å². The van der Waals surface area contributed by atoms with Crippen LogP contribution in [-0.2, 0) is 0 Å². The number of piperidine rings is 1. The first-order valence-electron chi connectivity index (χ1n) is 7.27. The van der Waals surface area contributed by atoms with Crippen LogP contribution in [0.1, 0.15) is 25.7 Å². The van der Waals surface area contributed by atoms with Gasteiger partial charge in [0.25, 0.3) is 0 Å². The van der Waals surface area contributed by atoms with Crippen molar-refractivity contribution in [3.63, 3.8) is 0 Å². The first-order chi connectivity index (χ1) is 8.65. The summed E-state index contributed by atoms with van der Waals surface area (Å²) in [6.07, 6.45) is 5.10. The summed E-state index contributed by atoms with van der Waals surface area (Å²) in [5, 5.41) is 0. The number of hydrogen-bond donors (Lipinski definition) is 1. The van der Waals surface area contributed by atoms with Crippen molar-refractivity contribution in [2.45, 2.75) is 31.7 Å². The van der Waals surface area contributed by atoms with E-state index < -0.39 is 0 Å². The van der Waals surface area contributed by atoms with Gasteiger partial charge in [0.05, 0.1) is 0 Å². The summed E-state index contributed by atoms with van der Waals surface area (Å²) in [5.74, 6) is 0. The fourth-order valence-corrected chi connectivity index (χ4v) is 4.78. The van der Waals surface area contributed by atoms with Gasteiger partial charge in [-0.25, -0.2) is 8.61 Å². The molecule has 0 radical (unpaired) electrons. The van der Waals surface area contributed by atoms with Crippen LogP contribution in [0.5, 0.6) is 0 Å². The SMILES string of the molecule is CN1CCC2(CCN(SN3CCC(N)CC3)C2)C1. The third kappa shape index (κ3) is 2.85. The van der Waals surface area contributed by atoms with E-state index in [4.69, 9.17) is 5.73 Å². The number of rotatable bonds is 2. The quantitative estimate of drug-likeness (QED) is 0.758. The summed E-state index contributed by atoms with van der Waals surface area (Å²) in [6, 6.07) is 0.440. The molecule has 104 valence electrons. The molecule has 3 saturated heterocycles. The van der Waals surface area contributed by atoms with Gasteiger partial charge < -0.3 is 10.6 Å². The second kappa shape index (κ2) is 5.29. The van der Waals surface area contributed by atoms with Crippen molar-refractivity contribution < 1.29 is 0 Å². The van der Waals surface area contributed by atoms with Crippen molar-refractivity contribution in [2.75, 3.05) is 46.3 Å². The third-order valence-electron chi connectivity index (χ3n) is 4.76. The van der Waals surface area contributed by atoms with Crippen LogP contribution < -0.4 is 5.73 Å². The summed E-state index contributed by atoms with van der Waals surface area (Å²) in [5.41, 5.74) is 6.56. The molecule has 4 nitrogen and oxygen atoms in total. The van der Waals surface area contributed by atoms with Gasteiger partial charge in [-0.2, -0.15) is 0 Å². The summed E-state index contributed by atoms with van der Waals surface area (Å²) in [4.78, 5) is 2.49. The average molecular weight is 270 g/mol. The van der Waals surface area contributed by atoms with E-state index in [0.717, 1.165) is 25.9 Å². The molecule has 5 heteroatoms. The molecule has 0 bridgehead atoms. The maximum Gasteiger partial charge on any atom is 0.0171 e. The summed E-state index contributed by atoms with van der Waals surface area (Å²) in [6.45, 7) is 7.46. The highest BCUT2D eigenvalue weighted by Gasteiger charge is 2.43. The zero-order valence-corrected chi connectivity index (χ0v) is 12.3. The molecule has 0 aromatic heterocycles. The molecule has 3 aliphatic rings. The molecular weight excluding hydrogens is 244 g/mol. The van der Waals surface area contributed by atoms with Gasteiger partial charge in [0.1, 0.15) is 0 Å². The normalized spacial score (nSPS) is 37.0. The molecule has 0 saturated carbocycles. The van der Waals surface area contributed by atoms with Crippen molar-refractivity contribution >= 4 is 12.1 Å². The largest absolute Gasteiger partial charge is 0.328 e. The standard InChI is InChI=1S/C13H26N4S/c1-15-8-4-13(10-15)5-9-17(11-13)18-16-6-2-12(14)3-7-16/h12H,2-11,14H2,1H3. The third-order valence-corrected chi connectivity index (χ3v) is 5.90. The second-order valence-electron chi connectivity index (χ2n) is 6.45. The topological polar surface area (TPSA) is 35.7 Å². The first-order valence-corrected chi connectivity index (χ1v) is 8.00. The molecule has 3 fully saturated rings. The summed E-state index contributed by atoms with van der Waals surface area (Å²) in [7, 11) is 2.26. The molecule has 18 heavy (non-hydrogen) atoms. The van der Waals surface area contributed by atoms with Gasteiger partial charge in [0.15, 0.2) is 0 Å². The van der Waals surface area contributed by atoms with Crippen molar-refractivity contribution in [3.05, 3.63) is 0 Å². The van der Waals surface area contributed by atoms with Crippen LogP contribution >= 0.6 is 12.1 Å². The number of hydrogen-bond acceptors (Lipinski definition) is 5. The molecule has 1 spiro atoms. The molecule has 0 aromatic carbocycles. The zero-order valence-electron chi connectivity index (χ0n) is 11.5. The van der Waals surface area contributed by atoms with Crippen LogP contribution in [0.25, 0.3) is 0 Å². The van der Waals surface area contributed by atoms with Crippen LogP contribution in [-0.4, -0.2) is 65.9 Å². The maximum absolute atomic E-state index is 5.96. The summed E-state index contributed by atoms with van der Waals surface area (Å²) >= 11 is 1.98. The molecule has 3 heterocycles. The van der Waals surface area contributed by atoms with Gasteiger partial charge >= 0.3 is 0 Å². The highest BCUT2D eigenvalue weighted by atomic mass is 32.2. The second-order valence-corrected chi connectivity index (χ2v) is 7.65. The average Bonchev–Trinajstić information content (AvgIpc) is 2.90. The molecule has 1 atom stereocenters. The van der Waals surface area contributed by atoms with E-state index in [1.54, 1.807) is 0 Å². The van der Waals surface area contributed by atoms with Crippen LogP contribution in [0.4, 0.5) is 0 Å². The van der Waals surface area contributed by atoms with E-state index in [0.29, 0.717) is 11.5 Å². The summed E-state index contributed by atoms with van der Waals surface area (Å²) < 4.78 is 5.11. The van der Waals surface area contributed by atoms with Gasteiger partial charge in [-0.05, 0) is 44.7 Å². The fourth-order valence-electron chi connectivity index (χ4n) is 3.58. The minimum atomic E-state index is 0.440. The van der Waals surface area contributed by atoms with Crippen molar-refractivity contribution in [1.29, 1.82) is 0 Å². The van der Waals surface area contributed by atoms with Gasteiger partial charge in [-0.1, -0.05) is 0 Å². The van der Waals surface area contributed by atoms with E-state index in [2.05, 4.69) is 20.6 Å². The molecule has 2 N–H and O–H groups in total. The fraction of sp³-hybridized carbons (Fsp3) is 1.00. The maximum atomic E-state index is 5.96. The lowest BCUT2D eigenvalue weighted by Gasteiger charge is -2.32. The van der Waals surface area contributed by atoms with Crippen LogP contribution in [0.15, 0.2) is 0 Å². The highest BCUT2D eigenvalue weighted by molar-refractivity contribution is 7.94. The number of nitrogens with zero attached hydrogens (tertiary/aromatic N) is 3. The van der Waals surface area contributed by atoms with E-state index in [1.165, 1.54) is 39.0 Å². The Kier molecular flexibility index (Phi) is 3.87. The van der Waals surface area contributed by atoms with E-state index in [9.17, 15) is 0 Å². The van der Waals surface area contributed by atoms with Crippen LogP contribution in [0, 0.1) is 5.41 Å². The van der Waals surface area contributed by atoms with Gasteiger partial charge in [0.2, 0.25) is 0 Å². The highest BCUT2D eigenvalue weighted by Crippen LogP contribution is 2.41. The number of nitrogens with two attached hydrogens (primary N) is 1. The molecule has 1 unspecified atom stereocenters. The van der Waals surface area contributed by atoms with E-state index in [-0.39, 0.29) is 0 Å². The molecule has 0 amide bonds. The van der Waals surface area contributed by atoms with Gasteiger partial charge in [0, 0.05) is 50.9 Å². The lowest BCUT2D eigenvalue weighted by Crippen LogP contribution is -2.38. The lowest BCUT2D eigenvalue weighted by molar-refractivity contribution is 0.293. The molecular formula is C13H26N4S. The molecule has 0 aromatic rings. The molecule has 0 aliphatic carbocycles. The predicted molar refractivity (Wildman–Crippen MR) is 77.1 cm³/mol. The van der Waals surface area contributed by atoms with Crippen molar-refractivity contribution in [1.82, 2.24) is 13.5 Å². The monoisotopic (exact) mass is 270 g/mol. The predicted octanol–water partition coefficient (Wildman–Crippen LogP) is 1.00. The van der Waals surface area contributed by atoms with Gasteiger partial charge in [-0.3, -0.25) is 0 Å². The first kappa shape index (κ1) is 13.2. The Labute approximate surface area is 115 Å². The van der Waals surface area contributed by atoms with E-state index in [1.807, 2.05) is 12.1 Å².